The first-order chi connectivity index (χ1) is 23.8. The number of hydrogen-bond acceptors (Lipinski definition) is 4. The summed E-state index contributed by atoms with van der Waals surface area (Å²) < 4.78 is 1.94. The smallest absolute Gasteiger partial charge is 1.00 e. The zero-order chi connectivity index (χ0) is 32.4. The monoisotopic (exact) mass is 741 g/mol. The maximum absolute atomic E-state index is 4.92. The van der Waals surface area contributed by atoms with E-state index in [1.54, 1.807) is 6.33 Å². The molecule has 1 fully saturated rings. The van der Waals surface area contributed by atoms with Gasteiger partial charge < -0.3 is 17.3 Å². The number of halogens is 1. The molecule has 8 rings (SSSR count). The van der Waals surface area contributed by atoms with Gasteiger partial charge in [-0.05, 0) is 49.2 Å². The Morgan fingerprint density at radius 3 is 1.42 bits per heavy atom. The number of aromatic nitrogens is 4. The molecule has 3 heterocycles. The Hall–Kier alpha value is -4.57. The first kappa shape index (κ1) is 36.7. The number of nitrogens with zero attached hydrogens (tertiary/aromatic N) is 5. The quantitative estimate of drug-likeness (QED) is 0.162. The van der Waals surface area contributed by atoms with Gasteiger partial charge in [0.15, 0.2) is 5.82 Å². The van der Waals surface area contributed by atoms with Gasteiger partial charge in [-0.2, -0.15) is 5.10 Å². The normalized spacial score (nSPS) is 12.2. The summed E-state index contributed by atoms with van der Waals surface area (Å²) in [4.78, 5) is 11.4. The molecule has 5 nitrogen and oxygen atoms in total. The molecule has 0 bridgehead atoms. The zero-order valence-electron chi connectivity index (χ0n) is 27.6. The summed E-state index contributed by atoms with van der Waals surface area (Å²) in [6.45, 7) is 2.10. The van der Waals surface area contributed by atoms with E-state index in [-0.39, 0.29) is 29.5 Å². The average Bonchev–Trinajstić information content (AvgIpc) is 3.64. The summed E-state index contributed by atoms with van der Waals surface area (Å²) in [6.07, 6.45) is 5.38. The molecule has 0 unspecified atom stereocenters. The van der Waals surface area contributed by atoms with Crippen LogP contribution in [0.25, 0.3) is 28.3 Å². The van der Waals surface area contributed by atoms with Gasteiger partial charge in [0.2, 0.25) is 0 Å². The third-order valence-corrected chi connectivity index (χ3v) is 10.9. The van der Waals surface area contributed by atoms with E-state index in [1.807, 2.05) is 41.1 Å². The molecular weight excluding hydrogens is 704 g/mol. The Bertz CT molecular complexity index is 1910. The van der Waals surface area contributed by atoms with Crippen molar-refractivity contribution in [3.8, 4) is 28.3 Å². The predicted octanol–water partition coefficient (Wildman–Crippen LogP) is 5.43. The van der Waals surface area contributed by atoms with Crippen molar-refractivity contribution in [2.45, 2.75) is 19.3 Å². The minimum absolute atomic E-state index is 0. The first-order valence-electron chi connectivity index (χ1n) is 16.6. The second-order valence-electron chi connectivity index (χ2n) is 11.7. The molecule has 0 amide bonds. The second kappa shape index (κ2) is 18.4. The largest absolute Gasteiger partial charge is 1.00 e. The van der Waals surface area contributed by atoms with Crippen molar-refractivity contribution in [2.24, 2.45) is 0 Å². The van der Waals surface area contributed by atoms with E-state index in [4.69, 9.17) is 5.10 Å². The molecule has 0 saturated carbocycles. The molecule has 7 aromatic rings. The molecule has 254 valence electrons. The van der Waals surface area contributed by atoms with Crippen LogP contribution >= 0.6 is 7.92 Å². The van der Waals surface area contributed by atoms with Crippen LogP contribution in [-0.4, -0.2) is 32.8 Å². The van der Waals surface area contributed by atoms with Crippen molar-refractivity contribution in [3.63, 3.8) is 0 Å². The summed E-state index contributed by atoms with van der Waals surface area (Å²) in [5, 5.41) is 9.12. The second-order valence-corrected chi connectivity index (χ2v) is 13.9. The zero-order valence-corrected chi connectivity index (χ0v) is 30.2. The van der Waals surface area contributed by atoms with Crippen molar-refractivity contribution in [3.05, 3.63) is 170 Å². The molecule has 2 aromatic heterocycles. The fraction of sp³-hybridized carbons (Fsp3) is 0.119. The molecule has 1 aliphatic heterocycles. The minimum atomic E-state index is -0.446. The molecule has 50 heavy (non-hydrogen) atoms. The van der Waals surface area contributed by atoms with E-state index in [2.05, 4.69) is 142 Å². The van der Waals surface area contributed by atoms with Crippen LogP contribution in [0, 0.1) is 0 Å². The van der Waals surface area contributed by atoms with Gasteiger partial charge in [-0.1, -0.05) is 152 Å². The van der Waals surface area contributed by atoms with Crippen LogP contribution in [0.1, 0.15) is 19.3 Å². The van der Waals surface area contributed by atoms with Gasteiger partial charge >= 0.3 is 17.1 Å². The van der Waals surface area contributed by atoms with Crippen LogP contribution in [0.3, 0.4) is 0 Å². The van der Waals surface area contributed by atoms with Crippen molar-refractivity contribution in [1.29, 1.82) is 0 Å². The van der Waals surface area contributed by atoms with Gasteiger partial charge in [-0.15, -0.1) is 0 Å². The molecule has 5 aromatic carbocycles. The van der Waals surface area contributed by atoms with Crippen LogP contribution < -0.4 is 33.2 Å². The Morgan fingerprint density at radius 1 is 0.480 bits per heavy atom. The van der Waals surface area contributed by atoms with Gasteiger partial charge in [0.1, 0.15) is 12.1 Å². The molecule has 8 heteroatoms. The van der Waals surface area contributed by atoms with E-state index >= 15 is 0 Å². The summed E-state index contributed by atoms with van der Waals surface area (Å²) in [5.41, 5.74) is 4.16. The van der Waals surface area contributed by atoms with Crippen molar-refractivity contribution < 1.29 is 29.5 Å². The van der Waals surface area contributed by atoms with Gasteiger partial charge in [-0.3, -0.25) is 0 Å². The van der Waals surface area contributed by atoms with Crippen LogP contribution in [0.2, 0.25) is 0 Å². The van der Waals surface area contributed by atoms with Gasteiger partial charge in [0.25, 0.3) is 0 Å². The van der Waals surface area contributed by atoms with Gasteiger partial charge in [0, 0.05) is 30.3 Å². The molecule has 0 spiro atoms. The van der Waals surface area contributed by atoms with E-state index in [0.29, 0.717) is 0 Å². The molecule has 0 radical (unpaired) electrons. The Labute approximate surface area is 313 Å². The number of benzene rings is 5. The Morgan fingerprint density at radius 2 is 0.920 bits per heavy atom. The van der Waals surface area contributed by atoms with E-state index in [9.17, 15) is 0 Å². The number of rotatable bonds is 7. The SMILES string of the molecule is [Cl-].[Cu+].c1ccc(-c2cc(-c3ccccc3)n(-c3cc(N4CCCCC4)ncn3)n2)cc1.c1ccc(P(c2ccccc2)c2ccccc2)cc1. The molecule has 1 saturated heterocycles. The fourth-order valence-corrected chi connectivity index (χ4v) is 8.35. The Balaban J connectivity index is 0.000000202. The average molecular weight is 743 g/mol. The number of hydrogen-bond donors (Lipinski definition) is 0. The van der Waals surface area contributed by atoms with E-state index in [0.717, 1.165) is 47.2 Å². The summed E-state index contributed by atoms with van der Waals surface area (Å²) in [7, 11) is -0.446. The minimum Gasteiger partial charge on any atom is -1.00 e. The summed E-state index contributed by atoms with van der Waals surface area (Å²) in [5.74, 6) is 1.77. The Kier molecular flexibility index (Phi) is 13.5. The molecule has 0 aliphatic carbocycles. The predicted molar refractivity (Wildman–Crippen MR) is 201 cm³/mol. The molecule has 0 atom stereocenters. The summed E-state index contributed by atoms with van der Waals surface area (Å²) >= 11 is 0. The van der Waals surface area contributed by atoms with Crippen molar-refractivity contribution in [2.75, 3.05) is 18.0 Å². The number of piperidine rings is 1. The van der Waals surface area contributed by atoms with Crippen LogP contribution in [0.15, 0.2) is 170 Å². The first-order valence-corrected chi connectivity index (χ1v) is 17.9. The standard InChI is InChI=1S/C24H23N5.C18H15P.ClH.Cu/c1-4-10-19(11-5-1)21-16-22(20-12-6-2-7-13-20)29(27-21)24-17-23(25-18-26-24)28-14-8-3-9-15-28;1-4-10-16(11-5-1)19(17-12-6-2-7-13-17)18-14-8-3-9-15-18;;/h1-2,4-7,10-13,16-18H,3,8-9,14-15H2;1-15H;1H;/q;;;+1/p-1. The molecule has 0 N–H and O–H groups in total. The van der Waals surface area contributed by atoms with Crippen LogP contribution in [0.5, 0.6) is 0 Å². The van der Waals surface area contributed by atoms with E-state index < -0.39 is 7.92 Å². The van der Waals surface area contributed by atoms with E-state index in [1.165, 1.54) is 35.2 Å². The molecular formula is C42H38ClCuN5P. The maximum Gasteiger partial charge on any atom is 1.00 e. The van der Waals surface area contributed by atoms with Crippen LogP contribution in [-0.2, 0) is 17.1 Å². The van der Waals surface area contributed by atoms with Crippen molar-refractivity contribution >= 4 is 29.7 Å². The molecule has 1 aliphatic rings. The number of anilines is 1. The van der Waals surface area contributed by atoms with Gasteiger partial charge in [0.05, 0.1) is 11.4 Å². The van der Waals surface area contributed by atoms with Crippen LogP contribution in [0.4, 0.5) is 5.82 Å². The third-order valence-electron chi connectivity index (χ3n) is 8.43. The maximum atomic E-state index is 4.92. The fourth-order valence-electron chi connectivity index (χ4n) is 6.05. The van der Waals surface area contributed by atoms with Crippen molar-refractivity contribution in [1.82, 2.24) is 19.7 Å². The van der Waals surface area contributed by atoms with Gasteiger partial charge in [-0.25, -0.2) is 14.6 Å². The third kappa shape index (κ3) is 8.96. The summed E-state index contributed by atoms with van der Waals surface area (Å²) in [6, 6.07) is 57.1. The topological polar surface area (TPSA) is 46.8 Å².